The molecule has 208 valence electrons. The van der Waals surface area contributed by atoms with Crippen LogP contribution in [0, 0.1) is 19.8 Å². The number of ether oxygens (including phenoxy) is 2. The summed E-state index contributed by atoms with van der Waals surface area (Å²) in [5.74, 6) is -1.80. The molecule has 9 heteroatoms. The maximum absolute atomic E-state index is 14.3. The maximum Gasteiger partial charge on any atom is 0.408 e. The van der Waals surface area contributed by atoms with E-state index >= 15 is 0 Å². The van der Waals surface area contributed by atoms with Gasteiger partial charge in [0.2, 0.25) is 11.8 Å². The van der Waals surface area contributed by atoms with Crippen LogP contribution in [0.4, 0.5) is 4.79 Å². The molecule has 0 fully saturated rings. The Balaban J connectivity index is 3.67. The van der Waals surface area contributed by atoms with Gasteiger partial charge in [-0.3, -0.25) is 14.4 Å². The van der Waals surface area contributed by atoms with Crippen molar-refractivity contribution in [2.75, 3.05) is 13.7 Å². The normalized spacial score (nSPS) is 14.1. The lowest BCUT2D eigenvalue weighted by molar-refractivity contribution is -0.150. The van der Waals surface area contributed by atoms with Gasteiger partial charge in [-0.1, -0.05) is 44.0 Å². The number of methoxy groups -OCH3 is 1. The fraction of sp³-hybridized carbons (Fsp3) is 0.643. The lowest BCUT2D eigenvalue weighted by Gasteiger charge is -2.44. The van der Waals surface area contributed by atoms with Crippen LogP contribution < -0.4 is 10.6 Å². The van der Waals surface area contributed by atoms with Crippen molar-refractivity contribution in [2.24, 2.45) is 5.92 Å². The third kappa shape index (κ3) is 9.37. The molecule has 0 saturated heterocycles. The Kier molecular flexibility index (Phi) is 11.2. The summed E-state index contributed by atoms with van der Waals surface area (Å²) in [6.45, 7) is 18.0. The van der Waals surface area contributed by atoms with Gasteiger partial charge >= 0.3 is 12.1 Å². The zero-order valence-corrected chi connectivity index (χ0v) is 24.3. The van der Waals surface area contributed by atoms with E-state index in [-0.39, 0.29) is 12.5 Å². The second-order valence-electron chi connectivity index (χ2n) is 11.4. The highest BCUT2D eigenvalue weighted by molar-refractivity contribution is 5.94. The number of rotatable bonds is 9. The predicted octanol–water partition coefficient (Wildman–Crippen LogP) is 4.20. The van der Waals surface area contributed by atoms with Gasteiger partial charge in [0.1, 0.15) is 24.2 Å². The molecule has 2 N–H and O–H groups in total. The van der Waals surface area contributed by atoms with Crippen LogP contribution >= 0.6 is 0 Å². The van der Waals surface area contributed by atoms with E-state index in [1.54, 1.807) is 20.8 Å². The van der Waals surface area contributed by atoms with E-state index in [1.165, 1.54) is 12.0 Å². The monoisotopic (exact) mass is 519 g/mol. The van der Waals surface area contributed by atoms with Crippen LogP contribution in [-0.4, -0.2) is 59.6 Å². The van der Waals surface area contributed by atoms with Gasteiger partial charge < -0.3 is 25.0 Å². The van der Waals surface area contributed by atoms with Crippen molar-refractivity contribution < 1.29 is 28.7 Å². The molecule has 0 aliphatic carbocycles. The standard InChI is InChI=1S/C28H45N3O6/c1-12-18(3)22(30-26(35)37-28(8,9)10)25(34)31(27(5,6)7)23(24(33)29-16-21(32)36-11)20-15-17(2)13-14-19(20)4/h13-15,18,22-23H,12,16H2,1-11H3,(H,29,33)(H,30,35). The highest BCUT2D eigenvalue weighted by atomic mass is 16.6. The Labute approximate surface area is 221 Å². The molecular weight excluding hydrogens is 474 g/mol. The topological polar surface area (TPSA) is 114 Å². The number of carbonyl (C=O) groups is 4. The van der Waals surface area contributed by atoms with Crippen LogP contribution in [0.2, 0.25) is 0 Å². The number of benzene rings is 1. The minimum atomic E-state index is -1.07. The summed E-state index contributed by atoms with van der Waals surface area (Å²) in [4.78, 5) is 54.0. The largest absolute Gasteiger partial charge is 0.468 e. The van der Waals surface area contributed by atoms with E-state index in [9.17, 15) is 19.2 Å². The fourth-order valence-corrected chi connectivity index (χ4v) is 3.89. The Morgan fingerprint density at radius 1 is 1.03 bits per heavy atom. The number of nitrogens with one attached hydrogen (secondary N) is 2. The first-order valence-electron chi connectivity index (χ1n) is 12.7. The highest BCUT2D eigenvalue weighted by Crippen LogP contribution is 2.33. The first-order chi connectivity index (χ1) is 16.9. The SMILES string of the molecule is CCC(C)C(NC(=O)OC(C)(C)C)C(=O)N(C(C(=O)NCC(=O)OC)c1cc(C)ccc1C)C(C)(C)C. The molecule has 3 unspecified atom stereocenters. The van der Waals surface area contributed by atoms with Crippen molar-refractivity contribution in [1.29, 1.82) is 0 Å². The van der Waals surface area contributed by atoms with Crippen molar-refractivity contribution >= 4 is 23.9 Å². The van der Waals surface area contributed by atoms with Crippen LogP contribution in [0.25, 0.3) is 0 Å². The summed E-state index contributed by atoms with van der Waals surface area (Å²) in [6.07, 6.45) is -0.106. The van der Waals surface area contributed by atoms with E-state index in [1.807, 2.05) is 66.7 Å². The van der Waals surface area contributed by atoms with Crippen LogP contribution in [0.5, 0.6) is 0 Å². The van der Waals surface area contributed by atoms with Gasteiger partial charge in [0.05, 0.1) is 7.11 Å². The zero-order valence-electron chi connectivity index (χ0n) is 24.3. The molecule has 3 amide bonds. The van der Waals surface area contributed by atoms with Crippen LogP contribution in [-0.2, 0) is 23.9 Å². The molecule has 9 nitrogen and oxygen atoms in total. The van der Waals surface area contributed by atoms with E-state index < -0.39 is 47.1 Å². The first kappa shape index (κ1) is 31.9. The first-order valence-corrected chi connectivity index (χ1v) is 12.7. The average molecular weight is 520 g/mol. The summed E-state index contributed by atoms with van der Waals surface area (Å²) in [5, 5.41) is 5.37. The average Bonchev–Trinajstić information content (AvgIpc) is 2.77. The molecule has 3 atom stereocenters. The van der Waals surface area contributed by atoms with Gasteiger partial charge in [-0.05, 0) is 72.4 Å². The maximum atomic E-state index is 14.3. The number of hydrogen-bond acceptors (Lipinski definition) is 6. The van der Waals surface area contributed by atoms with Crippen LogP contribution in [0.3, 0.4) is 0 Å². The molecule has 1 rings (SSSR count). The molecule has 1 aromatic rings. The van der Waals surface area contributed by atoms with Gasteiger partial charge in [-0.25, -0.2) is 4.79 Å². The van der Waals surface area contributed by atoms with E-state index in [4.69, 9.17) is 4.74 Å². The van der Waals surface area contributed by atoms with Crippen molar-refractivity contribution in [1.82, 2.24) is 15.5 Å². The van der Waals surface area contributed by atoms with Crippen molar-refractivity contribution in [3.05, 3.63) is 34.9 Å². The number of amides is 3. The number of alkyl carbamates (subject to hydrolysis) is 1. The Morgan fingerprint density at radius 2 is 1.62 bits per heavy atom. The van der Waals surface area contributed by atoms with E-state index in [2.05, 4.69) is 15.4 Å². The smallest absolute Gasteiger partial charge is 0.408 e. The highest BCUT2D eigenvalue weighted by Gasteiger charge is 2.43. The van der Waals surface area contributed by atoms with E-state index in [0.29, 0.717) is 12.0 Å². The molecule has 0 aliphatic rings. The zero-order chi connectivity index (χ0) is 28.7. The second-order valence-corrected chi connectivity index (χ2v) is 11.4. The molecule has 0 bridgehead atoms. The van der Waals surface area contributed by atoms with E-state index in [0.717, 1.165) is 11.1 Å². The summed E-state index contributed by atoms with van der Waals surface area (Å²) in [5.41, 5.74) is 0.781. The number of esters is 1. The number of carbonyl (C=O) groups excluding carboxylic acids is 4. The second kappa shape index (κ2) is 12.9. The molecular formula is C28H45N3O6. The molecule has 0 radical (unpaired) electrons. The Bertz CT molecular complexity index is 977. The summed E-state index contributed by atoms with van der Waals surface area (Å²) >= 11 is 0. The molecule has 0 aliphatic heterocycles. The predicted molar refractivity (Wildman–Crippen MR) is 143 cm³/mol. The van der Waals surface area contributed by atoms with Crippen LogP contribution in [0.15, 0.2) is 18.2 Å². The number of aryl methyl sites for hydroxylation is 2. The van der Waals surface area contributed by atoms with Gasteiger partial charge in [0, 0.05) is 5.54 Å². The number of nitrogens with zero attached hydrogens (tertiary/aromatic N) is 1. The minimum Gasteiger partial charge on any atom is -0.468 e. The van der Waals surface area contributed by atoms with Crippen LogP contribution in [0.1, 0.15) is 84.5 Å². The van der Waals surface area contributed by atoms with Crippen molar-refractivity contribution in [3.8, 4) is 0 Å². The molecule has 1 aromatic carbocycles. The van der Waals surface area contributed by atoms with Gasteiger partial charge in [0.25, 0.3) is 0 Å². The summed E-state index contributed by atoms with van der Waals surface area (Å²) in [7, 11) is 1.24. The van der Waals surface area contributed by atoms with Gasteiger partial charge in [-0.2, -0.15) is 0 Å². The lowest BCUT2D eigenvalue weighted by Crippen LogP contribution is -2.60. The molecule has 37 heavy (non-hydrogen) atoms. The third-order valence-electron chi connectivity index (χ3n) is 5.98. The van der Waals surface area contributed by atoms with Crippen molar-refractivity contribution in [2.45, 2.75) is 98.9 Å². The Morgan fingerprint density at radius 3 is 2.11 bits per heavy atom. The quantitative estimate of drug-likeness (QED) is 0.473. The molecule has 0 spiro atoms. The minimum absolute atomic E-state index is 0.248. The third-order valence-corrected chi connectivity index (χ3v) is 5.98. The molecule has 0 heterocycles. The number of hydrogen-bond donors (Lipinski definition) is 2. The molecule has 0 saturated carbocycles. The molecule has 0 aromatic heterocycles. The van der Waals surface area contributed by atoms with Crippen molar-refractivity contribution in [3.63, 3.8) is 0 Å². The summed E-state index contributed by atoms with van der Waals surface area (Å²) in [6, 6.07) is 3.67. The fourth-order valence-electron chi connectivity index (χ4n) is 3.89. The summed E-state index contributed by atoms with van der Waals surface area (Å²) < 4.78 is 10.1. The van der Waals surface area contributed by atoms with Gasteiger partial charge in [0.15, 0.2) is 0 Å². The van der Waals surface area contributed by atoms with Gasteiger partial charge in [-0.15, -0.1) is 0 Å². The Hall–Kier alpha value is -3.10. The lowest BCUT2D eigenvalue weighted by atomic mass is 9.90.